The van der Waals surface area contributed by atoms with Crippen LogP contribution in [-0.2, 0) is 0 Å². The van der Waals surface area contributed by atoms with Crippen molar-refractivity contribution in [2.75, 3.05) is 0 Å². The lowest BCUT2D eigenvalue weighted by molar-refractivity contribution is 0.170. The zero-order chi connectivity index (χ0) is 11.0. The van der Waals surface area contributed by atoms with Crippen molar-refractivity contribution in [2.24, 2.45) is 5.41 Å². The molecule has 3 heteroatoms. The molecule has 1 rings (SSSR count). The predicted octanol–water partition coefficient (Wildman–Crippen LogP) is 4.24. The van der Waals surface area contributed by atoms with Gasteiger partial charge in [-0.25, -0.2) is 4.31 Å². The molecular formula is C11H20ClNS. The van der Waals surface area contributed by atoms with Crippen molar-refractivity contribution in [1.29, 1.82) is 0 Å². The van der Waals surface area contributed by atoms with E-state index in [-0.39, 0.29) is 11.0 Å². The Labute approximate surface area is 97.0 Å². The first-order valence-corrected chi connectivity index (χ1v) is 6.27. The number of rotatable bonds is 2. The molecule has 14 heavy (non-hydrogen) atoms. The van der Waals surface area contributed by atoms with Gasteiger partial charge in [0, 0.05) is 5.54 Å². The molecule has 1 aliphatic heterocycles. The highest BCUT2D eigenvalue weighted by atomic mass is 35.5. The van der Waals surface area contributed by atoms with Gasteiger partial charge in [0.05, 0.1) is 0 Å². The second-order valence-electron chi connectivity index (χ2n) is 5.68. The Hall–Kier alpha value is 0.340. The van der Waals surface area contributed by atoms with Crippen LogP contribution < -0.4 is 0 Å². The summed E-state index contributed by atoms with van der Waals surface area (Å²) in [4.78, 5) is 0. The average molecular weight is 234 g/mol. The first-order chi connectivity index (χ1) is 6.22. The van der Waals surface area contributed by atoms with Crippen LogP contribution >= 0.6 is 23.5 Å². The first-order valence-electron chi connectivity index (χ1n) is 4.99. The Balaban J connectivity index is 2.65. The third kappa shape index (κ3) is 3.18. The molecule has 0 amide bonds. The lowest BCUT2D eigenvalue weighted by Crippen LogP contribution is -2.43. The fraction of sp³-hybridized carbons (Fsp3) is 0.818. The lowest BCUT2D eigenvalue weighted by Gasteiger charge is -2.40. The second-order valence-corrected chi connectivity index (χ2v) is 7.01. The van der Waals surface area contributed by atoms with Crippen molar-refractivity contribution in [2.45, 2.75) is 52.1 Å². The van der Waals surface area contributed by atoms with Gasteiger partial charge in [-0.2, -0.15) is 0 Å². The standard InChI is InChI=1S/C11H20ClNS/c1-10(2,3)8-11(4,5)13-9(12)6-7-14-13/h6-7,9H,8H2,1-5H3. The average Bonchev–Trinajstić information content (AvgIpc) is 2.29. The Morgan fingerprint density at radius 3 is 2.21 bits per heavy atom. The van der Waals surface area contributed by atoms with Gasteiger partial charge in [0.25, 0.3) is 0 Å². The summed E-state index contributed by atoms with van der Waals surface area (Å²) in [5.74, 6) is 0. The van der Waals surface area contributed by atoms with E-state index in [1.165, 1.54) is 0 Å². The summed E-state index contributed by atoms with van der Waals surface area (Å²) in [7, 11) is 0. The fourth-order valence-electron chi connectivity index (χ4n) is 2.15. The van der Waals surface area contributed by atoms with E-state index >= 15 is 0 Å². The number of hydrogen-bond donors (Lipinski definition) is 0. The lowest BCUT2D eigenvalue weighted by atomic mass is 9.82. The molecule has 0 aromatic heterocycles. The molecule has 0 aromatic carbocycles. The molecule has 0 bridgehead atoms. The molecular weight excluding hydrogens is 214 g/mol. The summed E-state index contributed by atoms with van der Waals surface area (Å²) in [6, 6.07) is 0. The largest absolute Gasteiger partial charge is 0.220 e. The maximum absolute atomic E-state index is 6.21. The van der Waals surface area contributed by atoms with Crippen molar-refractivity contribution >= 4 is 23.5 Å². The van der Waals surface area contributed by atoms with Crippen molar-refractivity contribution in [3.05, 3.63) is 11.5 Å². The second kappa shape index (κ2) is 4.07. The zero-order valence-corrected chi connectivity index (χ0v) is 11.2. The van der Waals surface area contributed by atoms with Gasteiger partial charge in [0.1, 0.15) is 5.50 Å². The van der Waals surface area contributed by atoms with Crippen LogP contribution in [0.15, 0.2) is 11.5 Å². The van der Waals surface area contributed by atoms with Crippen LogP contribution in [0.3, 0.4) is 0 Å². The number of hydrogen-bond acceptors (Lipinski definition) is 2. The number of alkyl halides is 1. The fourth-order valence-corrected chi connectivity index (χ4v) is 3.60. The normalized spacial score (nSPS) is 24.6. The Morgan fingerprint density at radius 2 is 1.86 bits per heavy atom. The summed E-state index contributed by atoms with van der Waals surface area (Å²) in [5.41, 5.74) is 0.514. The summed E-state index contributed by atoms with van der Waals surface area (Å²) < 4.78 is 2.26. The molecule has 1 atom stereocenters. The van der Waals surface area contributed by atoms with Crippen LogP contribution in [0.4, 0.5) is 0 Å². The Bertz CT molecular complexity index is 230. The van der Waals surface area contributed by atoms with Gasteiger partial charge >= 0.3 is 0 Å². The molecule has 1 aliphatic rings. The molecule has 0 fully saturated rings. The van der Waals surface area contributed by atoms with Crippen LogP contribution in [0.2, 0.25) is 0 Å². The number of nitrogens with zero attached hydrogens (tertiary/aromatic N) is 1. The van der Waals surface area contributed by atoms with Crippen LogP contribution in [0, 0.1) is 5.41 Å². The summed E-state index contributed by atoms with van der Waals surface area (Å²) in [6.45, 7) is 11.3. The number of halogens is 1. The molecule has 0 N–H and O–H groups in total. The third-order valence-corrected chi connectivity index (χ3v) is 3.88. The zero-order valence-electron chi connectivity index (χ0n) is 9.67. The van der Waals surface area contributed by atoms with Crippen molar-refractivity contribution in [3.63, 3.8) is 0 Å². The molecule has 1 heterocycles. The third-order valence-electron chi connectivity index (χ3n) is 2.20. The van der Waals surface area contributed by atoms with Gasteiger partial charge in [0.2, 0.25) is 0 Å². The summed E-state index contributed by atoms with van der Waals surface area (Å²) in [5, 5.41) is 2.07. The van der Waals surface area contributed by atoms with Crippen molar-refractivity contribution in [3.8, 4) is 0 Å². The van der Waals surface area contributed by atoms with Crippen LogP contribution in [0.25, 0.3) is 0 Å². The van der Waals surface area contributed by atoms with E-state index in [1.54, 1.807) is 11.9 Å². The summed E-state index contributed by atoms with van der Waals surface area (Å²) in [6.07, 6.45) is 3.18. The molecule has 1 nitrogen and oxygen atoms in total. The molecule has 1 unspecified atom stereocenters. The van der Waals surface area contributed by atoms with Gasteiger partial charge in [-0.05, 0) is 49.1 Å². The van der Waals surface area contributed by atoms with Crippen molar-refractivity contribution < 1.29 is 0 Å². The molecule has 0 saturated carbocycles. The van der Waals surface area contributed by atoms with E-state index in [9.17, 15) is 0 Å². The van der Waals surface area contributed by atoms with Gasteiger partial charge in [-0.1, -0.05) is 20.8 Å². The van der Waals surface area contributed by atoms with E-state index in [0.717, 1.165) is 6.42 Å². The molecule has 0 radical (unpaired) electrons. The highest BCUT2D eigenvalue weighted by molar-refractivity contribution is 8.00. The van der Waals surface area contributed by atoms with E-state index in [4.69, 9.17) is 11.6 Å². The maximum atomic E-state index is 6.21. The van der Waals surface area contributed by atoms with E-state index < -0.39 is 0 Å². The van der Waals surface area contributed by atoms with Crippen LogP contribution in [0.5, 0.6) is 0 Å². The van der Waals surface area contributed by atoms with Crippen molar-refractivity contribution in [1.82, 2.24) is 4.31 Å². The topological polar surface area (TPSA) is 3.24 Å². The van der Waals surface area contributed by atoms with Crippen LogP contribution in [-0.4, -0.2) is 15.3 Å². The van der Waals surface area contributed by atoms with E-state index in [1.807, 2.05) is 6.08 Å². The first kappa shape index (κ1) is 12.4. The minimum atomic E-state index is 0.0392. The highest BCUT2D eigenvalue weighted by Crippen LogP contribution is 2.40. The summed E-state index contributed by atoms with van der Waals surface area (Å²) >= 11 is 7.93. The minimum absolute atomic E-state index is 0.0392. The SMILES string of the molecule is CC(C)(C)CC(C)(C)N1SC=CC1Cl. The smallest absolute Gasteiger partial charge is 0.114 e. The monoisotopic (exact) mass is 233 g/mol. The highest BCUT2D eigenvalue weighted by Gasteiger charge is 2.36. The van der Waals surface area contributed by atoms with Crippen LogP contribution in [0.1, 0.15) is 41.0 Å². The molecule has 0 spiro atoms. The van der Waals surface area contributed by atoms with Gasteiger partial charge < -0.3 is 0 Å². The van der Waals surface area contributed by atoms with Gasteiger partial charge in [0.15, 0.2) is 0 Å². The van der Waals surface area contributed by atoms with Gasteiger partial charge in [-0.3, -0.25) is 0 Å². The van der Waals surface area contributed by atoms with E-state index in [0.29, 0.717) is 5.41 Å². The molecule has 0 aliphatic carbocycles. The molecule has 0 aromatic rings. The predicted molar refractivity (Wildman–Crippen MR) is 66.4 cm³/mol. The minimum Gasteiger partial charge on any atom is -0.220 e. The molecule has 82 valence electrons. The van der Waals surface area contributed by atoms with E-state index in [2.05, 4.69) is 44.3 Å². The van der Waals surface area contributed by atoms with Gasteiger partial charge in [-0.15, -0.1) is 11.6 Å². The molecule has 0 saturated heterocycles. The Morgan fingerprint density at radius 1 is 1.29 bits per heavy atom. The Kier molecular flexibility index (Phi) is 3.61. The quantitative estimate of drug-likeness (QED) is 0.399. The maximum Gasteiger partial charge on any atom is 0.114 e.